The maximum Gasteiger partial charge on any atom is 0.161 e. The van der Waals surface area contributed by atoms with Gasteiger partial charge >= 0.3 is 0 Å². The third kappa shape index (κ3) is 4.29. The standard InChI is InChI=1S/C25H26ClNO4/c1-29-22-8-7-16(11-21(22)28)15-27-10-9-17-13-23(30-2)24(31-3)14-20(17)25(27)18-5-4-6-19(26)12-18/h4-8,11-14,25,28H,9-10,15H2,1-3H3/t25-/m0/s1. The van der Waals surface area contributed by atoms with Crippen molar-refractivity contribution >= 4 is 11.6 Å². The molecular formula is C25H26ClNO4. The average molecular weight is 440 g/mol. The number of phenols is 1. The molecule has 0 unspecified atom stereocenters. The highest BCUT2D eigenvalue weighted by Gasteiger charge is 2.30. The highest BCUT2D eigenvalue weighted by molar-refractivity contribution is 6.30. The van der Waals surface area contributed by atoms with Crippen molar-refractivity contribution in [1.29, 1.82) is 0 Å². The first-order chi connectivity index (χ1) is 15.0. The van der Waals surface area contributed by atoms with Crippen LogP contribution in [0.15, 0.2) is 54.6 Å². The Morgan fingerprint density at radius 2 is 1.68 bits per heavy atom. The summed E-state index contributed by atoms with van der Waals surface area (Å²) in [5.41, 5.74) is 4.52. The van der Waals surface area contributed by atoms with Crippen molar-refractivity contribution in [3.63, 3.8) is 0 Å². The van der Waals surface area contributed by atoms with Crippen LogP contribution >= 0.6 is 11.6 Å². The van der Waals surface area contributed by atoms with Crippen LogP contribution in [0.3, 0.4) is 0 Å². The zero-order valence-electron chi connectivity index (χ0n) is 17.9. The van der Waals surface area contributed by atoms with Gasteiger partial charge in [-0.3, -0.25) is 4.90 Å². The van der Waals surface area contributed by atoms with Gasteiger partial charge in [-0.2, -0.15) is 0 Å². The van der Waals surface area contributed by atoms with Crippen LogP contribution in [0, 0.1) is 0 Å². The van der Waals surface area contributed by atoms with E-state index in [2.05, 4.69) is 23.1 Å². The fourth-order valence-corrected chi connectivity index (χ4v) is 4.50. The Bertz CT molecular complexity index is 1090. The van der Waals surface area contributed by atoms with Gasteiger partial charge in [-0.15, -0.1) is 0 Å². The molecule has 0 saturated heterocycles. The first kappa shape index (κ1) is 21.3. The van der Waals surface area contributed by atoms with Crippen molar-refractivity contribution in [2.45, 2.75) is 19.0 Å². The molecule has 1 atom stereocenters. The normalized spacial score (nSPS) is 15.9. The highest BCUT2D eigenvalue weighted by atomic mass is 35.5. The molecule has 0 radical (unpaired) electrons. The summed E-state index contributed by atoms with van der Waals surface area (Å²) in [5, 5.41) is 10.9. The molecular weight excluding hydrogens is 414 g/mol. The van der Waals surface area contributed by atoms with E-state index in [1.165, 1.54) is 11.1 Å². The van der Waals surface area contributed by atoms with Crippen molar-refractivity contribution in [3.8, 4) is 23.0 Å². The third-order valence-electron chi connectivity index (χ3n) is 5.77. The number of halogens is 1. The minimum atomic E-state index is -0.00787. The van der Waals surface area contributed by atoms with Crippen molar-refractivity contribution in [1.82, 2.24) is 4.90 Å². The molecule has 4 rings (SSSR count). The molecule has 162 valence electrons. The largest absolute Gasteiger partial charge is 0.504 e. The van der Waals surface area contributed by atoms with Gasteiger partial charge in [-0.1, -0.05) is 29.8 Å². The summed E-state index contributed by atoms with van der Waals surface area (Å²) >= 11 is 6.35. The molecule has 5 nitrogen and oxygen atoms in total. The number of rotatable bonds is 6. The van der Waals surface area contributed by atoms with Crippen LogP contribution in [-0.2, 0) is 13.0 Å². The lowest BCUT2D eigenvalue weighted by Crippen LogP contribution is -2.35. The second-order valence-electron chi connectivity index (χ2n) is 7.59. The summed E-state index contributed by atoms with van der Waals surface area (Å²) in [6.45, 7) is 1.52. The number of benzene rings is 3. The van der Waals surface area contributed by atoms with Gasteiger partial charge < -0.3 is 19.3 Å². The van der Waals surface area contributed by atoms with Crippen molar-refractivity contribution < 1.29 is 19.3 Å². The van der Waals surface area contributed by atoms with E-state index in [0.717, 1.165) is 29.8 Å². The molecule has 0 aromatic heterocycles. The zero-order chi connectivity index (χ0) is 22.0. The molecule has 6 heteroatoms. The molecule has 0 saturated carbocycles. The lowest BCUT2D eigenvalue weighted by molar-refractivity contribution is 0.203. The molecule has 0 amide bonds. The SMILES string of the molecule is COc1ccc(CN2CCc3cc(OC)c(OC)cc3[C@@H]2c2cccc(Cl)c2)cc1O. The molecule has 1 aliphatic rings. The van der Waals surface area contributed by atoms with E-state index in [0.29, 0.717) is 23.1 Å². The van der Waals surface area contributed by atoms with Crippen LogP contribution < -0.4 is 14.2 Å². The number of methoxy groups -OCH3 is 3. The van der Waals surface area contributed by atoms with Crippen molar-refractivity contribution in [3.05, 3.63) is 81.9 Å². The maximum absolute atomic E-state index is 10.2. The number of aromatic hydroxyl groups is 1. The Kier molecular flexibility index (Phi) is 6.25. The lowest BCUT2D eigenvalue weighted by Gasteiger charge is -2.38. The summed E-state index contributed by atoms with van der Waals surface area (Å²) < 4.78 is 16.3. The van der Waals surface area contributed by atoms with Crippen LogP contribution in [0.5, 0.6) is 23.0 Å². The number of ether oxygens (including phenoxy) is 3. The van der Waals surface area contributed by atoms with Gasteiger partial charge in [-0.25, -0.2) is 0 Å². The van der Waals surface area contributed by atoms with E-state index in [4.69, 9.17) is 25.8 Å². The third-order valence-corrected chi connectivity index (χ3v) is 6.00. The maximum atomic E-state index is 10.2. The first-order valence-corrected chi connectivity index (χ1v) is 10.5. The molecule has 0 fully saturated rings. The molecule has 0 bridgehead atoms. The number of nitrogens with zero attached hydrogens (tertiary/aromatic N) is 1. The monoisotopic (exact) mass is 439 g/mol. The molecule has 1 N–H and O–H groups in total. The zero-order valence-corrected chi connectivity index (χ0v) is 18.6. The van der Waals surface area contributed by atoms with Gasteiger partial charge in [0.1, 0.15) is 0 Å². The van der Waals surface area contributed by atoms with E-state index in [1.54, 1.807) is 33.5 Å². The molecule has 31 heavy (non-hydrogen) atoms. The summed E-state index contributed by atoms with van der Waals surface area (Å²) in [7, 11) is 4.86. The van der Waals surface area contributed by atoms with E-state index < -0.39 is 0 Å². The summed E-state index contributed by atoms with van der Waals surface area (Å²) in [5.74, 6) is 2.05. The van der Waals surface area contributed by atoms with E-state index in [1.807, 2.05) is 24.3 Å². The number of hydrogen-bond acceptors (Lipinski definition) is 5. The quantitative estimate of drug-likeness (QED) is 0.570. The van der Waals surface area contributed by atoms with Crippen molar-refractivity contribution in [2.24, 2.45) is 0 Å². The van der Waals surface area contributed by atoms with Gasteiger partial charge in [0.2, 0.25) is 0 Å². The van der Waals surface area contributed by atoms with Gasteiger partial charge in [0.25, 0.3) is 0 Å². The molecule has 0 spiro atoms. The van der Waals surface area contributed by atoms with Crippen LogP contribution in [0.25, 0.3) is 0 Å². The smallest absolute Gasteiger partial charge is 0.161 e. The van der Waals surface area contributed by atoms with Crippen LogP contribution in [-0.4, -0.2) is 37.9 Å². The second-order valence-corrected chi connectivity index (χ2v) is 8.03. The molecule has 1 aliphatic heterocycles. The Balaban J connectivity index is 1.78. The molecule has 3 aromatic rings. The van der Waals surface area contributed by atoms with Crippen LogP contribution in [0.2, 0.25) is 5.02 Å². The van der Waals surface area contributed by atoms with Gasteiger partial charge in [0.15, 0.2) is 23.0 Å². The fourth-order valence-electron chi connectivity index (χ4n) is 4.30. The van der Waals surface area contributed by atoms with Gasteiger partial charge in [0, 0.05) is 18.1 Å². The van der Waals surface area contributed by atoms with E-state index in [-0.39, 0.29) is 11.8 Å². The summed E-state index contributed by atoms with van der Waals surface area (Å²) in [6.07, 6.45) is 0.884. The lowest BCUT2D eigenvalue weighted by atomic mass is 9.87. The molecule has 0 aliphatic carbocycles. The van der Waals surface area contributed by atoms with Gasteiger partial charge in [-0.05, 0) is 65.1 Å². The topological polar surface area (TPSA) is 51.2 Å². The average Bonchev–Trinajstić information content (AvgIpc) is 2.78. The Morgan fingerprint density at radius 1 is 0.935 bits per heavy atom. The summed E-state index contributed by atoms with van der Waals surface area (Å²) in [4.78, 5) is 2.39. The number of hydrogen-bond donors (Lipinski definition) is 1. The van der Waals surface area contributed by atoms with Crippen molar-refractivity contribution in [2.75, 3.05) is 27.9 Å². The second kappa shape index (κ2) is 9.08. The van der Waals surface area contributed by atoms with Crippen LogP contribution in [0.1, 0.15) is 28.3 Å². The Hall–Kier alpha value is -2.89. The Morgan fingerprint density at radius 3 is 2.35 bits per heavy atom. The summed E-state index contributed by atoms with van der Waals surface area (Å²) in [6, 6.07) is 17.6. The van der Waals surface area contributed by atoms with E-state index in [9.17, 15) is 5.11 Å². The predicted octanol–water partition coefficient (Wildman–Crippen LogP) is 5.22. The predicted molar refractivity (Wildman–Crippen MR) is 122 cm³/mol. The fraction of sp³-hybridized carbons (Fsp3) is 0.280. The minimum absolute atomic E-state index is 0.00787. The van der Waals surface area contributed by atoms with E-state index >= 15 is 0 Å². The number of fused-ring (bicyclic) bond motifs is 1. The van der Waals surface area contributed by atoms with Gasteiger partial charge in [0.05, 0.1) is 27.4 Å². The minimum Gasteiger partial charge on any atom is -0.504 e. The highest BCUT2D eigenvalue weighted by Crippen LogP contribution is 2.42. The molecule has 3 aromatic carbocycles. The molecule has 1 heterocycles. The number of phenolic OH excluding ortho intramolecular Hbond substituents is 1. The Labute approximate surface area is 187 Å². The first-order valence-electron chi connectivity index (χ1n) is 10.1. The van der Waals surface area contributed by atoms with Crippen LogP contribution in [0.4, 0.5) is 0 Å².